The van der Waals surface area contributed by atoms with Gasteiger partial charge in [0.1, 0.15) is 5.15 Å². The van der Waals surface area contributed by atoms with Crippen molar-refractivity contribution >= 4 is 40.9 Å². The number of carbonyl (C=O) groups excluding carboxylic acids is 1. The molecule has 0 bridgehead atoms. The predicted molar refractivity (Wildman–Crippen MR) is 61.6 cm³/mol. The number of hydrogen-bond donors (Lipinski definition) is 0. The maximum Gasteiger partial charge on any atom is 0.306 e. The standard InChI is InChI=1S/C9H9Cl2NO2S/c1-14-7(13)3-5-15-6-2-4-12-9(11)8(6)10/h2,4H,3,5H2,1H3. The number of ether oxygens (including phenoxy) is 1. The van der Waals surface area contributed by atoms with Gasteiger partial charge in [-0.1, -0.05) is 23.2 Å². The molecular formula is C9H9Cl2NO2S. The summed E-state index contributed by atoms with van der Waals surface area (Å²) >= 11 is 13.1. The smallest absolute Gasteiger partial charge is 0.306 e. The van der Waals surface area contributed by atoms with Gasteiger partial charge in [0.05, 0.1) is 18.6 Å². The highest BCUT2D eigenvalue weighted by molar-refractivity contribution is 7.99. The van der Waals surface area contributed by atoms with Crippen molar-refractivity contribution in [1.29, 1.82) is 0 Å². The third-order valence-corrected chi connectivity index (χ3v) is 3.54. The summed E-state index contributed by atoms with van der Waals surface area (Å²) in [4.78, 5) is 15.5. The number of rotatable bonds is 4. The highest BCUT2D eigenvalue weighted by Crippen LogP contribution is 2.31. The molecule has 0 aliphatic heterocycles. The van der Waals surface area contributed by atoms with E-state index in [9.17, 15) is 4.79 Å². The second-order valence-electron chi connectivity index (χ2n) is 2.59. The molecule has 0 aromatic carbocycles. The van der Waals surface area contributed by atoms with E-state index in [4.69, 9.17) is 23.2 Å². The van der Waals surface area contributed by atoms with Gasteiger partial charge in [-0.3, -0.25) is 4.79 Å². The van der Waals surface area contributed by atoms with Crippen LogP contribution in [0.25, 0.3) is 0 Å². The number of thioether (sulfide) groups is 1. The molecule has 0 unspecified atom stereocenters. The molecule has 6 heteroatoms. The molecule has 0 aliphatic rings. The number of esters is 1. The first kappa shape index (κ1) is 12.6. The molecule has 0 fully saturated rings. The van der Waals surface area contributed by atoms with Gasteiger partial charge in [0.25, 0.3) is 0 Å². The van der Waals surface area contributed by atoms with Crippen LogP contribution in [-0.2, 0) is 9.53 Å². The van der Waals surface area contributed by atoms with Gasteiger partial charge >= 0.3 is 5.97 Å². The van der Waals surface area contributed by atoms with E-state index in [1.165, 1.54) is 18.9 Å². The van der Waals surface area contributed by atoms with Crippen LogP contribution in [-0.4, -0.2) is 23.8 Å². The van der Waals surface area contributed by atoms with Crippen LogP contribution in [0.2, 0.25) is 10.2 Å². The zero-order valence-electron chi connectivity index (χ0n) is 8.00. The first-order valence-electron chi connectivity index (χ1n) is 4.14. The van der Waals surface area contributed by atoms with Crippen molar-refractivity contribution in [2.75, 3.05) is 12.9 Å². The van der Waals surface area contributed by atoms with E-state index < -0.39 is 0 Å². The molecule has 1 aromatic heterocycles. The average molecular weight is 266 g/mol. The SMILES string of the molecule is COC(=O)CCSc1ccnc(Cl)c1Cl. The Kier molecular flexibility index (Phi) is 5.22. The minimum absolute atomic E-state index is 0.237. The normalized spacial score (nSPS) is 10.1. The molecule has 1 aromatic rings. The molecule has 15 heavy (non-hydrogen) atoms. The molecule has 0 aliphatic carbocycles. The zero-order valence-corrected chi connectivity index (χ0v) is 10.3. The summed E-state index contributed by atoms with van der Waals surface area (Å²) in [5.74, 6) is 0.367. The van der Waals surface area contributed by atoms with Crippen LogP contribution < -0.4 is 0 Å². The molecule has 82 valence electrons. The first-order chi connectivity index (χ1) is 7.15. The van der Waals surface area contributed by atoms with Crippen LogP contribution in [0.1, 0.15) is 6.42 Å². The quantitative estimate of drug-likeness (QED) is 0.477. The monoisotopic (exact) mass is 265 g/mol. The van der Waals surface area contributed by atoms with Gasteiger partial charge in [0.15, 0.2) is 0 Å². The third-order valence-electron chi connectivity index (χ3n) is 1.60. The van der Waals surface area contributed by atoms with E-state index in [1.54, 1.807) is 12.3 Å². The Morgan fingerprint density at radius 2 is 2.33 bits per heavy atom. The number of methoxy groups -OCH3 is 1. The number of halogens is 2. The van der Waals surface area contributed by atoms with E-state index >= 15 is 0 Å². The summed E-state index contributed by atoms with van der Waals surface area (Å²) in [6, 6.07) is 1.76. The summed E-state index contributed by atoms with van der Waals surface area (Å²) in [6.45, 7) is 0. The number of aromatic nitrogens is 1. The van der Waals surface area contributed by atoms with Crippen molar-refractivity contribution in [2.24, 2.45) is 0 Å². The van der Waals surface area contributed by atoms with Crippen LogP contribution in [0.3, 0.4) is 0 Å². The van der Waals surface area contributed by atoms with Crippen molar-refractivity contribution in [1.82, 2.24) is 4.98 Å². The lowest BCUT2D eigenvalue weighted by molar-refractivity contribution is -0.140. The van der Waals surface area contributed by atoms with Gasteiger partial charge in [-0.25, -0.2) is 4.98 Å². The summed E-state index contributed by atoms with van der Waals surface area (Å²) in [5, 5.41) is 0.703. The molecule has 0 atom stereocenters. The maximum atomic E-state index is 10.8. The molecule has 0 saturated carbocycles. The summed E-state index contributed by atoms with van der Waals surface area (Å²) < 4.78 is 4.52. The Hall–Kier alpha value is -0.450. The third kappa shape index (κ3) is 3.89. The first-order valence-corrected chi connectivity index (χ1v) is 5.89. The Labute approximate surface area is 102 Å². The fourth-order valence-corrected chi connectivity index (χ4v) is 2.22. The lowest BCUT2D eigenvalue weighted by Gasteiger charge is -2.03. The van der Waals surface area contributed by atoms with Crippen LogP contribution in [0, 0.1) is 0 Å². The molecule has 1 rings (SSSR count). The zero-order chi connectivity index (χ0) is 11.3. The highest BCUT2D eigenvalue weighted by atomic mass is 35.5. The lowest BCUT2D eigenvalue weighted by atomic mass is 10.5. The molecule has 0 spiro atoms. The second-order valence-corrected chi connectivity index (χ2v) is 4.46. The second kappa shape index (κ2) is 6.20. The Bertz CT molecular complexity index is 360. The predicted octanol–water partition coefficient (Wildman–Crippen LogP) is 3.04. The number of pyridine rings is 1. The molecular weight excluding hydrogens is 257 g/mol. The molecule has 0 saturated heterocycles. The highest BCUT2D eigenvalue weighted by Gasteiger charge is 2.07. The molecule has 0 N–H and O–H groups in total. The largest absolute Gasteiger partial charge is 0.469 e. The fraction of sp³-hybridized carbons (Fsp3) is 0.333. The molecule has 3 nitrogen and oxygen atoms in total. The Balaban J connectivity index is 2.51. The van der Waals surface area contributed by atoms with Crippen molar-refractivity contribution < 1.29 is 9.53 Å². The molecule has 1 heterocycles. The van der Waals surface area contributed by atoms with E-state index in [1.807, 2.05) is 0 Å². The van der Waals surface area contributed by atoms with Crippen molar-refractivity contribution in [2.45, 2.75) is 11.3 Å². The Morgan fingerprint density at radius 1 is 1.60 bits per heavy atom. The topological polar surface area (TPSA) is 39.2 Å². The average Bonchev–Trinajstić information content (AvgIpc) is 2.24. The van der Waals surface area contributed by atoms with Crippen molar-refractivity contribution in [3.8, 4) is 0 Å². The summed E-state index contributed by atoms with van der Waals surface area (Å²) in [5.41, 5.74) is 0. The van der Waals surface area contributed by atoms with Gasteiger partial charge in [-0.15, -0.1) is 11.8 Å². The van der Waals surface area contributed by atoms with E-state index in [2.05, 4.69) is 9.72 Å². The van der Waals surface area contributed by atoms with E-state index in [-0.39, 0.29) is 11.1 Å². The summed E-state index contributed by atoms with van der Waals surface area (Å²) in [6.07, 6.45) is 1.92. The molecule has 0 amide bonds. The van der Waals surface area contributed by atoms with E-state index in [0.717, 1.165) is 4.90 Å². The van der Waals surface area contributed by atoms with Crippen LogP contribution in [0.4, 0.5) is 0 Å². The number of hydrogen-bond acceptors (Lipinski definition) is 4. The maximum absolute atomic E-state index is 10.8. The van der Waals surface area contributed by atoms with Crippen molar-refractivity contribution in [3.63, 3.8) is 0 Å². The van der Waals surface area contributed by atoms with Crippen LogP contribution in [0.5, 0.6) is 0 Å². The van der Waals surface area contributed by atoms with Crippen LogP contribution in [0.15, 0.2) is 17.2 Å². The van der Waals surface area contributed by atoms with Crippen molar-refractivity contribution in [3.05, 3.63) is 22.4 Å². The fourth-order valence-electron chi connectivity index (χ4n) is 0.860. The number of carbonyl (C=O) groups is 1. The number of nitrogens with zero attached hydrogens (tertiary/aromatic N) is 1. The van der Waals surface area contributed by atoms with Crippen LogP contribution >= 0.6 is 35.0 Å². The minimum atomic E-state index is -0.237. The van der Waals surface area contributed by atoms with E-state index in [0.29, 0.717) is 17.2 Å². The summed E-state index contributed by atoms with van der Waals surface area (Å²) in [7, 11) is 1.36. The van der Waals surface area contributed by atoms with Gasteiger partial charge < -0.3 is 4.74 Å². The van der Waals surface area contributed by atoms with Gasteiger partial charge in [0, 0.05) is 16.8 Å². The van der Waals surface area contributed by atoms with Gasteiger partial charge in [-0.2, -0.15) is 0 Å². The van der Waals surface area contributed by atoms with Gasteiger partial charge in [0.2, 0.25) is 0 Å². The minimum Gasteiger partial charge on any atom is -0.469 e. The lowest BCUT2D eigenvalue weighted by Crippen LogP contribution is -2.00. The molecule has 0 radical (unpaired) electrons. The Morgan fingerprint density at radius 3 is 3.00 bits per heavy atom. The van der Waals surface area contributed by atoms with Gasteiger partial charge in [-0.05, 0) is 6.07 Å².